The number of carbonyl (C=O) groups is 1. The SMILES string of the molecule is CCOc1ccc(-c2ccc(N3CCN(C(=O)c4ccc5nsnc5c4)CC3)nn2)cc1. The highest BCUT2D eigenvalue weighted by atomic mass is 32.1. The number of piperazine rings is 1. The van der Waals surface area contributed by atoms with E-state index in [-0.39, 0.29) is 5.91 Å². The molecule has 4 aromatic rings. The maximum absolute atomic E-state index is 12.9. The van der Waals surface area contributed by atoms with Crippen molar-refractivity contribution in [3.8, 4) is 17.0 Å². The highest BCUT2D eigenvalue weighted by molar-refractivity contribution is 7.00. The minimum absolute atomic E-state index is 0.0245. The molecule has 162 valence electrons. The van der Waals surface area contributed by atoms with Gasteiger partial charge >= 0.3 is 0 Å². The van der Waals surface area contributed by atoms with Crippen molar-refractivity contribution >= 4 is 34.5 Å². The monoisotopic (exact) mass is 446 g/mol. The third kappa shape index (κ3) is 4.11. The number of ether oxygens (including phenoxy) is 1. The molecule has 9 heteroatoms. The quantitative estimate of drug-likeness (QED) is 0.464. The summed E-state index contributed by atoms with van der Waals surface area (Å²) in [6.07, 6.45) is 0. The molecule has 1 fully saturated rings. The van der Waals surface area contributed by atoms with Crippen LogP contribution in [0.25, 0.3) is 22.3 Å². The topological polar surface area (TPSA) is 84.3 Å². The van der Waals surface area contributed by atoms with E-state index in [1.54, 1.807) is 0 Å². The maximum atomic E-state index is 12.9. The summed E-state index contributed by atoms with van der Waals surface area (Å²) in [6.45, 7) is 5.30. The number of hydrogen-bond acceptors (Lipinski definition) is 8. The zero-order valence-corrected chi connectivity index (χ0v) is 18.5. The average Bonchev–Trinajstić information content (AvgIpc) is 3.33. The van der Waals surface area contributed by atoms with E-state index in [0.29, 0.717) is 38.3 Å². The first-order chi connectivity index (χ1) is 15.7. The molecule has 1 saturated heterocycles. The molecular formula is C23H22N6O2S. The van der Waals surface area contributed by atoms with Crippen LogP contribution in [0.1, 0.15) is 17.3 Å². The van der Waals surface area contributed by atoms with Crippen LogP contribution in [-0.2, 0) is 0 Å². The summed E-state index contributed by atoms with van der Waals surface area (Å²) in [6, 6.07) is 17.3. The summed E-state index contributed by atoms with van der Waals surface area (Å²) in [5, 5.41) is 8.82. The highest BCUT2D eigenvalue weighted by Crippen LogP contribution is 2.23. The highest BCUT2D eigenvalue weighted by Gasteiger charge is 2.23. The molecule has 8 nitrogen and oxygen atoms in total. The van der Waals surface area contributed by atoms with Gasteiger partial charge in [-0.15, -0.1) is 10.2 Å². The second-order valence-electron chi connectivity index (χ2n) is 7.48. The second kappa shape index (κ2) is 8.88. The number of aromatic nitrogens is 4. The van der Waals surface area contributed by atoms with Crippen LogP contribution in [0.3, 0.4) is 0 Å². The Morgan fingerprint density at radius 1 is 0.938 bits per heavy atom. The fourth-order valence-electron chi connectivity index (χ4n) is 3.77. The van der Waals surface area contributed by atoms with Gasteiger partial charge in [0, 0.05) is 37.3 Å². The standard InChI is InChI=1S/C23H22N6O2S/c1-2-31-18-6-3-16(4-7-18)19-9-10-22(25-24-19)28-11-13-29(14-12-28)23(30)17-5-8-20-21(15-17)27-32-26-20/h3-10,15H,2,11-14H2,1H3. The van der Waals surface area contributed by atoms with Crippen molar-refractivity contribution < 1.29 is 9.53 Å². The van der Waals surface area contributed by atoms with Gasteiger partial charge in [-0.3, -0.25) is 4.79 Å². The van der Waals surface area contributed by atoms with E-state index in [2.05, 4.69) is 23.8 Å². The molecule has 2 aromatic carbocycles. The van der Waals surface area contributed by atoms with Crippen LogP contribution in [0.2, 0.25) is 0 Å². The average molecular weight is 447 g/mol. The Morgan fingerprint density at radius 2 is 1.72 bits per heavy atom. The van der Waals surface area contributed by atoms with Crippen molar-refractivity contribution in [2.75, 3.05) is 37.7 Å². The van der Waals surface area contributed by atoms with Crippen LogP contribution in [0.5, 0.6) is 5.75 Å². The molecule has 2 aromatic heterocycles. The van der Waals surface area contributed by atoms with Crippen LogP contribution in [0.15, 0.2) is 54.6 Å². The molecule has 1 amide bonds. The molecule has 1 aliphatic heterocycles. The molecular weight excluding hydrogens is 424 g/mol. The first kappa shape index (κ1) is 20.3. The maximum Gasteiger partial charge on any atom is 0.254 e. The molecule has 0 spiro atoms. The van der Waals surface area contributed by atoms with Crippen molar-refractivity contribution in [3.63, 3.8) is 0 Å². The fourth-order valence-corrected chi connectivity index (χ4v) is 4.29. The Balaban J connectivity index is 1.21. The molecule has 0 N–H and O–H groups in total. The van der Waals surface area contributed by atoms with E-state index in [1.807, 2.05) is 66.4 Å². The lowest BCUT2D eigenvalue weighted by atomic mass is 10.1. The van der Waals surface area contributed by atoms with Crippen molar-refractivity contribution in [3.05, 3.63) is 60.2 Å². The molecule has 0 unspecified atom stereocenters. The van der Waals surface area contributed by atoms with Crippen LogP contribution >= 0.6 is 11.7 Å². The minimum Gasteiger partial charge on any atom is -0.494 e. The molecule has 32 heavy (non-hydrogen) atoms. The number of fused-ring (bicyclic) bond motifs is 1. The van der Waals surface area contributed by atoms with Gasteiger partial charge in [-0.25, -0.2) is 0 Å². The Morgan fingerprint density at radius 3 is 2.44 bits per heavy atom. The molecule has 3 heterocycles. The van der Waals surface area contributed by atoms with Gasteiger partial charge < -0.3 is 14.5 Å². The smallest absolute Gasteiger partial charge is 0.254 e. The molecule has 0 radical (unpaired) electrons. The van der Waals surface area contributed by atoms with Crippen molar-refractivity contribution in [1.29, 1.82) is 0 Å². The predicted molar refractivity (Wildman–Crippen MR) is 124 cm³/mol. The number of hydrogen-bond donors (Lipinski definition) is 0. The van der Waals surface area contributed by atoms with Crippen molar-refractivity contribution in [2.24, 2.45) is 0 Å². The lowest BCUT2D eigenvalue weighted by Crippen LogP contribution is -2.49. The van der Waals surface area contributed by atoms with E-state index in [1.165, 1.54) is 0 Å². The van der Waals surface area contributed by atoms with Crippen LogP contribution in [0.4, 0.5) is 5.82 Å². The number of carbonyl (C=O) groups excluding carboxylic acids is 1. The van der Waals surface area contributed by atoms with E-state index in [0.717, 1.165) is 45.6 Å². The van der Waals surface area contributed by atoms with Gasteiger partial charge in [0.15, 0.2) is 5.82 Å². The predicted octanol–water partition coefficient (Wildman–Crippen LogP) is 3.51. The van der Waals surface area contributed by atoms with Crippen LogP contribution in [0, 0.1) is 0 Å². The normalized spacial score (nSPS) is 14.0. The Bertz CT molecular complexity index is 1220. The number of amides is 1. The Labute approximate surface area is 189 Å². The Kier molecular flexibility index (Phi) is 5.64. The van der Waals surface area contributed by atoms with Crippen LogP contribution < -0.4 is 9.64 Å². The van der Waals surface area contributed by atoms with E-state index in [4.69, 9.17) is 4.74 Å². The zero-order chi connectivity index (χ0) is 21.9. The van der Waals surface area contributed by atoms with Crippen molar-refractivity contribution in [1.82, 2.24) is 23.8 Å². The van der Waals surface area contributed by atoms with Gasteiger partial charge in [0.05, 0.1) is 24.0 Å². The lowest BCUT2D eigenvalue weighted by molar-refractivity contribution is 0.0746. The second-order valence-corrected chi connectivity index (χ2v) is 8.01. The molecule has 0 bridgehead atoms. The molecule has 0 aliphatic carbocycles. The van der Waals surface area contributed by atoms with Crippen molar-refractivity contribution in [2.45, 2.75) is 6.92 Å². The Hall–Kier alpha value is -3.59. The van der Waals surface area contributed by atoms with E-state index < -0.39 is 0 Å². The molecule has 1 aliphatic rings. The number of nitrogens with zero attached hydrogens (tertiary/aromatic N) is 6. The lowest BCUT2D eigenvalue weighted by Gasteiger charge is -2.35. The molecule has 5 rings (SSSR count). The summed E-state index contributed by atoms with van der Waals surface area (Å²) in [7, 11) is 0. The number of anilines is 1. The largest absolute Gasteiger partial charge is 0.494 e. The van der Waals surface area contributed by atoms with Gasteiger partial charge in [0.1, 0.15) is 16.8 Å². The first-order valence-electron chi connectivity index (χ1n) is 10.5. The molecule has 0 atom stereocenters. The van der Waals surface area contributed by atoms with Gasteiger partial charge in [0.2, 0.25) is 0 Å². The third-order valence-corrected chi connectivity index (χ3v) is 6.06. The van der Waals surface area contributed by atoms with Gasteiger partial charge in [-0.2, -0.15) is 8.75 Å². The van der Waals surface area contributed by atoms with Gasteiger partial charge in [-0.1, -0.05) is 0 Å². The first-order valence-corrected chi connectivity index (χ1v) is 11.3. The van der Waals surface area contributed by atoms with E-state index in [9.17, 15) is 4.79 Å². The van der Waals surface area contributed by atoms with Gasteiger partial charge in [0.25, 0.3) is 5.91 Å². The summed E-state index contributed by atoms with van der Waals surface area (Å²) in [5.41, 5.74) is 4.05. The summed E-state index contributed by atoms with van der Waals surface area (Å²) in [4.78, 5) is 16.9. The summed E-state index contributed by atoms with van der Waals surface area (Å²) < 4.78 is 13.9. The zero-order valence-electron chi connectivity index (χ0n) is 17.6. The summed E-state index contributed by atoms with van der Waals surface area (Å²) >= 11 is 1.16. The minimum atomic E-state index is 0.0245. The number of rotatable bonds is 5. The summed E-state index contributed by atoms with van der Waals surface area (Å²) in [5.74, 6) is 1.69. The van der Waals surface area contributed by atoms with Gasteiger partial charge in [-0.05, 0) is 61.5 Å². The number of benzene rings is 2. The fraction of sp³-hybridized carbons (Fsp3) is 0.261. The van der Waals surface area contributed by atoms with Crippen LogP contribution in [-0.4, -0.2) is 62.5 Å². The molecule has 0 saturated carbocycles. The van der Waals surface area contributed by atoms with E-state index >= 15 is 0 Å². The third-order valence-electron chi connectivity index (χ3n) is 5.50.